The van der Waals surface area contributed by atoms with Crippen molar-refractivity contribution >= 4 is 29.1 Å². The maximum absolute atomic E-state index is 13.7. The molecule has 1 aromatic heterocycles. The van der Waals surface area contributed by atoms with Crippen molar-refractivity contribution in [2.24, 2.45) is 11.5 Å². The number of methoxy groups -OCH3 is 1. The van der Waals surface area contributed by atoms with Gasteiger partial charge in [-0.05, 0) is 74.3 Å². The van der Waals surface area contributed by atoms with Crippen LogP contribution in [-0.2, 0) is 11.2 Å². The number of fused-ring (bicyclic) bond motifs is 1. The molecule has 1 aliphatic rings. The molecule has 0 bridgehead atoms. The van der Waals surface area contributed by atoms with Gasteiger partial charge in [-0.2, -0.15) is 5.10 Å². The van der Waals surface area contributed by atoms with Crippen LogP contribution in [0.4, 0.5) is 11.4 Å². The molecule has 2 heterocycles. The molecular formula is C25H28N6O4. The number of hydrogen-bond acceptors (Lipinski definition) is 6. The second-order valence-corrected chi connectivity index (χ2v) is 8.30. The average Bonchev–Trinajstić information content (AvgIpc) is 3.25. The van der Waals surface area contributed by atoms with Crippen molar-refractivity contribution in [2.45, 2.75) is 26.2 Å². The van der Waals surface area contributed by atoms with E-state index in [0.29, 0.717) is 66.4 Å². The first kappa shape index (κ1) is 24.0. The SMILES string of the molecule is COc1ccc(-n2nc(C(N)=O)c3c2C(=O)N(c2ccc(NC(=O)CCCN)c(C)c2)CC3)cc1. The summed E-state index contributed by atoms with van der Waals surface area (Å²) in [6.07, 6.45) is 1.39. The maximum Gasteiger partial charge on any atom is 0.277 e. The number of hydrogen-bond donors (Lipinski definition) is 3. The fraction of sp³-hybridized carbons (Fsp3) is 0.280. The van der Waals surface area contributed by atoms with E-state index < -0.39 is 5.91 Å². The first-order chi connectivity index (χ1) is 16.8. The van der Waals surface area contributed by atoms with E-state index in [1.807, 2.05) is 13.0 Å². The molecule has 0 radical (unpaired) electrons. The first-order valence-corrected chi connectivity index (χ1v) is 11.3. The molecule has 0 atom stereocenters. The van der Waals surface area contributed by atoms with E-state index >= 15 is 0 Å². The number of anilines is 2. The summed E-state index contributed by atoms with van der Waals surface area (Å²) in [5.41, 5.74) is 14.8. The van der Waals surface area contributed by atoms with Gasteiger partial charge < -0.3 is 26.4 Å². The van der Waals surface area contributed by atoms with Crippen LogP contribution < -0.4 is 26.4 Å². The number of nitrogens with two attached hydrogens (primary N) is 2. The van der Waals surface area contributed by atoms with Crippen LogP contribution in [0.25, 0.3) is 5.69 Å². The zero-order chi connectivity index (χ0) is 25.1. The summed E-state index contributed by atoms with van der Waals surface area (Å²) in [7, 11) is 1.57. The first-order valence-electron chi connectivity index (χ1n) is 11.3. The van der Waals surface area contributed by atoms with E-state index in [4.69, 9.17) is 16.2 Å². The van der Waals surface area contributed by atoms with Gasteiger partial charge in [-0.3, -0.25) is 14.4 Å². The van der Waals surface area contributed by atoms with Crippen LogP contribution in [0.15, 0.2) is 42.5 Å². The predicted octanol–water partition coefficient (Wildman–Crippen LogP) is 2.17. The lowest BCUT2D eigenvalue weighted by Crippen LogP contribution is -2.39. The highest BCUT2D eigenvalue weighted by Crippen LogP contribution is 2.31. The molecule has 2 aromatic carbocycles. The number of ether oxygens (including phenoxy) is 1. The third-order valence-corrected chi connectivity index (χ3v) is 5.97. The normalized spacial score (nSPS) is 12.9. The number of nitrogens with one attached hydrogen (secondary N) is 1. The van der Waals surface area contributed by atoms with Gasteiger partial charge in [0.15, 0.2) is 5.69 Å². The third kappa shape index (κ3) is 4.73. The van der Waals surface area contributed by atoms with Crippen molar-refractivity contribution in [1.29, 1.82) is 0 Å². The van der Waals surface area contributed by atoms with Gasteiger partial charge in [0.2, 0.25) is 5.91 Å². The topological polar surface area (TPSA) is 146 Å². The van der Waals surface area contributed by atoms with E-state index in [1.165, 1.54) is 4.68 Å². The molecule has 3 amide bonds. The minimum atomic E-state index is -0.680. The van der Waals surface area contributed by atoms with Crippen molar-refractivity contribution in [1.82, 2.24) is 9.78 Å². The molecule has 1 aliphatic heterocycles. The van der Waals surface area contributed by atoms with Gasteiger partial charge in [0.05, 0.1) is 12.8 Å². The largest absolute Gasteiger partial charge is 0.497 e. The van der Waals surface area contributed by atoms with Gasteiger partial charge in [0.25, 0.3) is 11.8 Å². The average molecular weight is 477 g/mol. The lowest BCUT2D eigenvalue weighted by molar-refractivity contribution is -0.116. The molecule has 4 rings (SSSR count). The third-order valence-electron chi connectivity index (χ3n) is 5.97. The van der Waals surface area contributed by atoms with Gasteiger partial charge >= 0.3 is 0 Å². The number of nitrogens with zero attached hydrogens (tertiary/aromatic N) is 3. The number of benzene rings is 2. The van der Waals surface area contributed by atoms with Crippen molar-refractivity contribution in [2.75, 3.05) is 30.4 Å². The highest BCUT2D eigenvalue weighted by molar-refractivity contribution is 6.09. The molecule has 0 unspecified atom stereocenters. The molecule has 0 aliphatic carbocycles. The van der Waals surface area contributed by atoms with Gasteiger partial charge in [0.1, 0.15) is 11.4 Å². The Morgan fingerprint density at radius 2 is 1.86 bits per heavy atom. The fourth-order valence-electron chi connectivity index (χ4n) is 4.15. The van der Waals surface area contributed by atoms with Crippen LogP contribution in [0.5, 0.6) is 5.75 Å². The van der Waals surface area contributed by atoms with Gasteiger partial charge in [-0.25, -0.2) is 4.68 Å². The monoisotopic (exact) mass is 476 g/mol. The van der Waals surface area contributed by atoms with Crippen LogP contribution in [0.3, 0.4) is 0 Å². The van der Waals surface area contributed by atoms with E-state index in [-0.39, 0.29) is 17.5 Å². The summed E-state index contributed by atoms with van der Waals surface area (Å²) >= 11 is 0. The summed E-state index contributed by atoms with van der Waals surface area (Å²) in [6, 6.07) is 12.4. The van der Waals surface area contributed by atoms with Crippen molar-refractivity contribution in [3.05, 3.63) is 65.0 Å². The Bertz CT molecular complexity index is 1280. The summed E-state index contributed by atoms with van der Waals surface area (Å²) in [5, 5.41) is 7.27. The van der Waals surface area contributed by atoms with Crippen LogP contribution >= 0.6 is 0 Å². The van der Waals surface area contributed by atoms with Crippen LogP contribution in [-0.4, -0.2) is 47.7 Å². The van der Waals surface area contributed by atoms with E-state index in [1.54, 1.807) is 48.4 Å². The number of carbonyl (C=O) groups is 3. The Morgan fingerprint density at radius 3 is 2.49 bits per heavy atom. The van der Waals surface area contributed by atoms with Crippen LogP contribution in [0.1, 0.15) is 44.9 Å². The number of aryl methyl sites for hydroxylation is 1. The minimum Gasteiger partial charge on any atom is -0.497 e. The Morgan fingerprint density at radius 1 is 1.14 bits per heavy atom. The van der Waals surface area contributed by atoms with Crippen LogP contribution in [0.2, 0.25) is 0 Å². The predicted molar refractivity (Wildman–Crippen MR) is 132 cm³/mol. The second-order valence-electron chi connectivity index (χ2n) is 8.30. The molecule has 10 heteroatoms. The summed E-state index contributed by atoms with van der Waals surface area (Å²) in [4.78, 5) is 39.5. The van der Waals surface area contributed by atoms with E-state index in [2.05, 4.69) is 10.4 Å². The molecule has 3 aromatic rings. The fourth-order valence-corrected chi connectivity index (χ4v) is 4.15. The number of aromatic nitrogens is 2. The smallest absolute Gasteiger partial charge is 0.277 e. The Labute approximate surface area is 202 Å². The molecule has 0 fully saturated rings. The maximum atomic E-state index is 13.7. The lowest BCUT2D eigenvalue weighted by atomic mass is 10.0. The van der Waals surface area contributed by atoms with Gasteiger partial charge in [-0.15, -0.1) is 0 Å². The number of amides is 3. The standard InChI is InChI=1S/C25H28N6O4/c1-15-14-17(7-10-20(15)28-21(32)4-3-12-26)30-13-11-19-22(24(27)33)29-31(23(19)25(30)34)16-5-8-18(35-2)9-6-16/h5-10,14H,3-4,11-13,26H2,1-2H3,(H2,27,33)(H,28,32). The van der Waals surface area contributed by atoms with E-state index in [0.717, 1.165) is 5.56 Å². The number of rotatable bonds is 8. The summed E-state index contributed by atoms with van der Waals surface area (Å²) < 4.78 is 6.67. The number of primary amides is 1. The molecule has 5 N–H and O–H groups in total. The van der Waals surface area contributed by atoms with Gasteiger partial charge in [-0.1, -0.05) is 0 Å². The van der Waals surface area contributed by atoms with Crippen molar-refractivity contribution in [3.63, 3.8) is 0 Å². The zero-order valence-corrected chi connectivity index (χ0v) is 19.7. The molecule has 0 saturated carbocycles. The highest BCUT2D eigenvalue weighted by Gasteiger charge is 2.34. The quantitative estimate of drug-likeness (QED) is 0.454. The minimum absolute atomic E-state index is 0.0931. The lowest BCUT2D eigenvalue weighted by Gasteiger charge is -2.28. The molecule has 0 spiro atoms. The zero-order valence-electron chi connectivity index (χ0n) is 19.7. The Balaban J connectivity index is 1.67. The molecule has 182 valence electrons. The Kier molecular flexibility index (Phi) is 6.83. The summed E-state index contributed by atoms with van der Waals surface area (Å²) in [5.74, 6) is -0.419. The highest BCUT2D eigenvalue weighted by atomic mass is 16.5. The molecular weight excluding hydrogens is 448 g/mol. The molecule has 35 heavy (non-hydrogen) atoms. The van der Waals surface area contributed by atoms with E-state index in [9.17, 15) is 14.4 Å². The Hall–Kier alpha value is -4.18. The summed E-state index contributed by atoms with van der Waals surface area (Å²) in [6.45, 7) is 2.69. The van der Waals surface area contributed by atoms with Gasteiger partial charge in [0, 0.05) is 29.9 Å². The van der Waals surface area contributed by atoms with Crippen molar-refractivity contribution in [3.8, 4) is 11.4 Å². The molecule has 0 saturated heterocycles. The van der Waals surface area contributed by atoms with Crippen molar-refractivity contribution < 1.29 is 19.1 Å². The van der Waals surface area contributed by atoms with Crippen LogP contribution in [0, 0.1) is 6.92 Å². The number of carbonyl (C=O) groups excluding carboxylic acids is 3. The second kappa shape index (κ2) is 9.98. The molecule has 10 nitrogen and oxygen atoms in total.